The second-order valence-corrected chi connectivity index (χ2v) is 3.70. The number of carbonyl (C=O) groups is 1. The summed E-state index contributed by atoms with van der Waals surface area (Å²) in [4.78, 5) is 10.8. The number of ether oxygens (including phenoxy) is 1. The van der Waals surface area contributed by atoms with Crippen LogP contribution in [0.1, 0.15) is 32.6 Å². The highest BCUT2D eigenvalue weighted by Gasteiger charge is 2.28. The molecule has 0 heterocycles. The number of methoxy groups -OCH3 is 1. The van der Waals surface area contributed by atoms with Gasteiger partial charge in [0.05, 0.1) is 13.7 Å². The molecule has 1 fully saturated rings. The highest BCUT2D eigenvalue weighted by molar-refractivity contribution is 5.71. The lowest BCUT2D eigenvalue weighted by atomic mass is 10.0. The van der Waals surface area contributed by atoms with Crippen molar-refractivity contribution < 1.29 is 9.53 Å². The minimum atomic E-state index is -0.178. The molecule has 0 radical (unpaired) electrons. The second-order valence-electron chi connectivity index (χ2n) is 3.70. The van der Waals surface area contributed by atoms with Gasteiger partial charge in [-0.05, 0) is 19.8 Å². The van der Waals surface area contributed by atoms with Crippen molar-refractivity contribution in [2.24, 2.45) is 0 Å². The third-order valence-corrected chi connectivity index (χ3v) is 2.59. The Morgan fingerprint density at radius 3 is 2.58 bits per heavy atom. The normalized spacial score (nSPS) is 20.8. The molecule has 0 amide bonds. The van der Waals surface area contributed by atoms with Crippen molar-refractivity contribution in [2.45, 2.75) is 38.1 Å². The summed E-state index contributed by atoms with van der Waals surface area (Å²) in [6.07, 6.45) is 4.88. The van der Waals surface area contributed by atoms with E-state index in [1.165, 1.54) is 32.8 Å². The smallest absolute Gasteiger partial charge is 0.319 e. The summed E-state index contributed by atoms with van der Waals surface area (Å²) in [7, 11) is 1.42. The van der Waals surface area contributed by atoms with Crippen LogP contribution in [0.25, 0.3) is 0 Å². The minimum Gasteiger partial charge on any atom is -0.468 e. The standard InChI is InChI=1S/C9H17NO2/c1-9(5-3-4-6-9)10-7-8(11)12-2/h10H,3-7H2,1-2H3. The van der Waals surface area contributed by atoms with Crippen LogP contribution in [-0.2, 0) is 9.53 Å². The molecule has 70 valence electrons. The molecule has 0 aromatic carbocycles. The van der Waals surface area contributed by atoms with Gasteiger partial charge in [0.15, 0.2) is 0 Å². The molecule has 0 aliphatic heterocycles. The maximum atomic E-state index is 10.8. The first kappa shape index (κ1) is 9.52. The van der Waals surface area contributed by atoms with Crippen LogP contribution in [0, 0.1) is 0 Å². The molecule has 1 aliphatic rings. The monoisotopic (exact) mass is 171 g/mol. The number of rotatable bonds is 3. The van der Waals surface area contributed by atoms with E-state index in [-0.39, 0.29) is 11.5 Å². The minimum absolute atomic E-state index is 0.175. The molecule has 0 unspecified atom stereocenters. The van der Waals surface area contributed by atoms with Gasteiger partial charge in [0.2, 0.25) is 0 Å². The van der Waals surface area contributed by atoms with Gasteiger partial charge in [-0.1, -0.05) is 12.8 Å². The highest BCUT2D eigenvalue weighted by Crippen LogP contribution is 2.28. The Bertz CT molecular complexity index is 162. The summed E-state index contributed by atoms with van der Waals surface area (Å²) in [5, 5.41) is 3.23. The van der Waals surface area contributed by atoms with E-state index in [0.717, 1.165) is 0 Å². The van der Waals surface area contributed by atoms with E-state index in [1.54, 1.807) is 0 Å². The molecule has 0 bridgehead atoms. The fourth-order valence-corrected chi connectivity index (χ4v) is 1.69. The average Bonchev–Trinajstić information content (AvgIpc) is 2.49. The summed E-state index contributed by atoms with van der Waals surface area (Å²) < 4.78 is 4.55. The summed E-state index contributed by atoms with van der Waals surface area (Å²) >= 11 is 0. The summed E-state index contributed by atoms with van der Waals surface area (Å²) in [5.74, 6) is -0.178. The zero-order chi connectivity index (χ0) is 9.03. The van der Waals surface area contributed by atoms with Crippen LogP contribution in [0.4, 0.5) is 0 Å². The lowest BCUT2D eigenvalue weighted by Gasteiger charge is -2.24. The van der Waals surface area contributed by atoms with E-state index < -0.39 is 0 Å². The van der Waals surface area contributed by atoms with Gasteiger partial charge in [-0.25, -0.2) is 0 Å². The molecule has 0 aromatic heterocycles. The van der Waals surface area contributed by atoms with Crippen LogP contribution in [0.5, 0.6) is 0 Å². The fraction of sp³-hybridized carbons (Fsp3) is 0.889. The number of carbonyl (C=O) groups excluding carboxylic acids is 1. The van der Waals surface area contributed by atoms with Crippen molar-refractivity contribution in [3.63, 3.8) is 0 Å². The van der Waals surface area contributed by atoms with Crippen LogP contribution >= 0.6 is 0 Å². The molecule has 1 saturated carbocycles. The molecular formula is C9H17NO2. The van der Waals surface area contributed by atoms with Crippen molar-refractivity contribution in [1.82, 2.24) is 5.32 Å². The van der Waals surface area contributed by atoms with E-state index in [9.17, 15) is 4.79 Å². The van der Waals surface area contributed by atoms with E-state index in [1.807, 2.05) is 0 Å². The second kappa shape index (κ2) is 3.90. The molecule has 12 heavy (non-hydrogen) atoms. The van der Waals surface area contributed by atoms with Crippen molar-refractivity contribution >= 4 is 5.97 Å². The Labute approximate surface area is 73.5 Å². The van der Waals surface area contributed by atoms with Crippen molar-refractivity contribution in [2.75, 3.05) is 13.7 Å². The number of hydrogen-bond acceptors (Lipinski definition) is 3. The molecule has 0 atom stereocenters. The maximum Gasteiger partial charge on any atom is 0.319 e. The van der Waals surface area contributed by atoms with E-state index >= 15 is 0 Å². The van der Waals surface area contributed by atoms with Crippen molar-refractivity contribution in [1.29, 1.82) is 0 Å². The van der Waals surface area contributed by atoms with Gasteiger partial charge in [0, 0.05) is 5.54 Å². The summed E-state index contributed by atoms with van der Waals surface area (Å²) in [5.41, 5.74) is 0.175. The first-order chi connectivity index (χ1) is 5.66. The molecule has 3 nitrogen and oxygen atoms in total. The Hall–Kier alpha value is -0.570. The molecule has 3 heteroatoms. The van der Waals surface area contributed by atoms with Gasteiger partial charge >= 0.3 is 5.97 Å². The van der Waals surface area contributed by atoms with Crippen LogP contribution in [-0.4, -0.2) is 25.2 Å². The SMILES string of the molecule is COC(=O)CNC1(C)CCCC1. The highest BCUT2D eigenvalue weighted by atomic mass is 16.5. The van der Waals surface area contributed by atoms with E-state index in [2.05, 4.69) is 17.0 Å². The molecule has 0 saturated heterocycles. The van der Waals surface area contributed by atoms with Gasteiger partial charge in [0.1, 0.15) is 0 Å². The van der Waals surface area contributed by atoms with Crippen molar-refractivity contribution in [3.05, 3.63) is 0 Å². The first-order valence-electron chi connectivity index (χ1n) is 4.48. The van der Waals surface area contributed by atoms with E-state index in [0.29, 0.717) is 6.54 Å². The van der Waals surface area contributed by atoms with Crippen LogP contribution in [0.3, 0.4) is 0 Å². The quantitative estimate of drug-likeness (QED) is 0.646. The number of nitrogens with one attached hydrogen (secondary N) is 1. The number of esters is 1. The predicted molar refractivity (Wildman–Crippen MR) is 46.9 cm³/mol. The Morgan fingerprint density at radius 1 is 1.50 bits per heavy atom. The number of hydrogen-bond donors (Lipinski definition) is 1. The van der Waals surface area contributed by atoms with Crippen molar-refractivity contribution in [3.8, 4) is 0 Å². The van der Waals surface area contributed by atoms with Crippen LogP contribution in [0.2, 0.25) is 0 Å². The largest absolute Gasteiger partial charge is 0.468 e. The lowest BCUT2D eigenvalue weighted by Crippen LogP contribution is -2.42. The zero-order valence-corrected chi connectivity index (χ0v) is 7.85. The maximum absolute atomic E-state index is 10.8. The van der Waals surface area contributed by atoms with Gasteiger partial charge in [0.25, 0.3) is 0 Å². The third kappa shape index (κ3) is 2.48. The Kier molecular flexibility index (Phi) is 3.09. The summed E-state index contributed by atoms with van der Waals surface area (Å²) in [6.45, 7) is 2.51. The summed E-state index contributed by atoms with van der Waals surface area (Å²) in [6, 6.07) is 0. The van der Waals surface area contributed by atoms with E-state index in [4.69, 9.17) is 0 Å². The van der Waals surface area contributed by atoms with Gasteiger partial charge in [-0.2, -0.15) is 0 Å². The lowest BCUT2D eigenvalue weighted by molar-refractivity contribution is -0.139. The molecule has 0 spiro atoms. The average molecular weight is 171 g/mol. The zero-order valence-electron chi connectivity index (χ0n) is 7.85. The fourth-order valence-electron chi connectivity index (χ4n) is 1.69. The van der Waals surface area contributed by atoms with Gasteiger partial charge in [-0.3, -0.25) is 4.79 Å². The van der Waals surface area contributed by atoms with Gasteiger partial charge < -0.3 is 10.1 Å². The van der Waals surface area contributed by atoms with Crippen LogP contribution < -0.4 is 5.32 Å². The Balaban J connectivity index is 2.25. The molecular weight excluding hydrogens is 154 g/mol. The molecule has 1 aliphatic carbocycles. The topological polar surface area (TPSA) is 38.3 Å². The van der Waals surface area contributed by atoms with Gasteiger partial charge in [-0.15, -0.1) is 0 Å². The van der Waals surface area contributed by atoms with Crippen LogP contribution in [0.15, 0.2) is 0 Å². The molecule has 0 aromatic rings. The Morgan fingerprint density at radius 2 is 2.08 bits per heavy atom. The molecule has 1 N–H and O–H groups in total. The molecule has 1 rings (SSSR count). The third-order valence-electron chi connectivity index (χ3n) is 2.59. The predicted octanol–water partition coefficient (Wildman–Crippen LogP) is 1.08. The first-order valence-corrected chi connectivity index (χ1v) is 4.48.